The minimum Gasteiger partial charge on any atom is -0.456 e. The van der Waals surface area contributed by atoms with Crippen LogP contribution in [-0.2, 0) is 10.8 Å². The second-order valence-corrected chi connectivity index (χ2v) is 15.2. The van der Waals surface area contributed by atoms with Crippen LogP contribution in [0.15, 0.2) is 121 Å². The maximum atomic E-state index is 11.1. The topological polar surface area (TPSA) is 119 Å². The van der Waals surface area contributed by atoms with Crippen LogP contribution >= 0.6 is 0 Å². The van der Waals surface area contributed by atoms with Crippen molar-refractivity contribution in [2.45, 2.75) is 50.4 Å². The van der Waals surface area contributed by atoms with Gasteiger partial charge in [0.25, 0.3) is 0 Å². The van der Waals surface area contributed by atoms with Crippen LogP contribution in [0.3, 0.4) is 0 Å². The summed E-state index contributed by atoms with van der Waals surface area (Å²) in [4.78, 5) is 22.2. The van der Waals surface area contributed by atoms with Gasteiger partial charge in [0, 0.05) is 23.0 Å². The molecule has 6 aromatic carbocycles. The second-order valence-electron chi connectivity index (χ2n) is 15.2. The first-order valence-electron chi connectivity index (χ1n) is 18.2. The standard InChI is InChI=1S/C48H36N2O6/c1-47(2)39-21-19-33(55-43-9-5-7-41(37(43)25-49)53-31-15-11-29(27-51)12-16-31)23-35(39)46-45(47)36-24-34(20-22-40(36)48(46,3)4)56-44-10-6-8-42(38(44)26-50)54-32-17-13-30(28-52)14-18-32/h5-24,27-28,45-46H,1-4H3. The zero-order chi connectivity index (χ0) is 39.2. The Balaban J connectivity index is 1.08. The number of aldehydes is 2. The molecule has 0 saturated heterocycles. The summed E-state index contributed by atoms with van der Waals surface area (Å²) in [5.74, 6) is 3.93. The van der Waals surface area contributed by atoms with E-state index >= 15 is 0 Å². The fraction of sp³-hybridized carbons (Fsp3) is 0.167. The fourth-order valence-electron chi connectivity index (χ4n) is 8.52. The van der Waals surface area contributed by atoms with Crippen molar-refractivity contribution in [3.8, 4) is 58.1 Å². The summed E-state index contributed by atoms with van der Waals surface area (Å²) in [6.07, 6.45) is 1.53. The first-order valence-corrected chi connectivity index (χ1v) is 18.2. The third kappa shape index (κ3) is 6.12. The smallest absolute Gasteiger partial charge is 0.150 e. The van der Waals surface area contributed by atoms with Crippen LogP contribution in [0.1, 0.15) is 93.6 Å². The van der Waals surface area contributed by atoms with Crippen LogP contribution in [0.2, 0.25) is 0 Å². The first-order chi connectivity index (χ1) is 27.0. The van der Waals surface area contributed by atoms with Crippen LogP contribution in [-0.4, -0.2) is 12.6 Å². The third-order valence-corrected chi connectivity index (χ3v) is 11.1. The number of nitriles is 2. The van der Waals surface area contributed by atoms with E-state index in [0.29, 0.717) is 57.1 Å². The van der Waals surface area contributed by atoms with Crippen LogP contribution in [0.25, 0.3) is 0 Å². The van der Waals surface area contributed by atoms with Crippen molar-refractivity contribution in [1.82, 2.24) is 0 Å². The molecule has 2 aliphatic carbocycles. The predicted molar refractivity (Wildman–Crippen MR) is 211 cm³/mol. The van der Waals surface area contributed by atoms with E-state index in [1.807, 2.05) is 12.1 Å². The number of ether oxygens (including phenoxy) is 4. The number of carbonyl (C=O) groups is 2. The first kappa shape index (κ1) is 35.8. The van der Waals surface area contributed by atoms with Crippen molar-refractivity contribution in [3.05, 3.63) is 166 Å². The Morgan fingerprint density at radius 3 is 1.12 bits per heavy atom. The molecule has 0 N–H and O–H groups in total. The van der Waals surface area contributed by atoms with E-state index in [9.17, 15) is 20.1 Å². The van der Waals surface area contributed by atoms with Crippen molar-refractivity contribution in [2.24, 2.45) is 0 Å². The van der Waals surface area contributed by atoms with Crippen molar-refractivity contribution in [2.75, 3.05) is 0 Å². The minimum absolute atomic E-state index is 0.123. The monoisotopic (exact) mass is 736 g/mol. The van der Waals surface area contributed by atoms with Gasteiger partial charge in [-0.1, -0.05) is 52.0 Å². The lowest BCUT2D eigenvalue weighted by Gasteiger charge is -2.31. The Morgan fingerprint density at radius 2 is 0.804 bits per heavy atom. The van der Waals surface area contributed by atoms with Crippen LogP contribution < -0.4 is 18.9 Å². The molecule has 0 spiro atoms. The molecule has 0 bridgehead atoms. The predicted octanol–water partition coefficient (Wildman–Crippen LogP) is 11.7. The zero-order valence-corrected chi connectivity index (χ0v) is 31.2. The number of nitrogens with zero attached hydrogens (tertiary/aromatic N) is 2. The highest BCUT2D eigenvalue weighted by Crippen LogP contribution is 2.67. The molecule has 0 amide bonds. The number of hydrogen-bond donors (Lipinski definition) is 0. The van der Waals surface area contributed by atoms with Gasteiger partial charge in [-0.2, -0.15) is 10.5 Å². The Kier molecular flexibility index (Phi) is 8.91. The Hall–Kier alpha value is -7.16. The van der Waals surface area contributed by atoms with E-state index in [1.54, 1.807) is 84.9 Å². The molecule has 8 heteroatoms. The van der Waals surface area contributed by atoms with Crippen molar-refractivity contribution in [1.29, 1.82) is 10.5 Å². The van der Waals surface area contributed by atoms with Gasteiger partial charge in [-0.05, 0) is 130 Å². The molecule has 0 aromatic heterocycles. The summed E-state index contributed by atoms with van der Waals surface area (Å²) in [6, 6.07) is 40.8. The summed E-state index contributed by atoms with van der Waals surface area (Å²) in [7, 11) is 0. The molecule has 0 heterocycles. The largest absolute Gasteiger partial charge is 0.456 e. The van der Waals surface area contributed by atoms with Gasteiger partial charge >= 0.3 is 0 Å². The van der Waals surface area contributed by atoms with Crippen molar-refractivity contribution in [3.63, 3.8) is 0 Å². The van der Waals surface area contributed by atoms with Crippen LogP contribution in [0.5, 0.6) is 46.0 Å². The molecule has 0 radical (unpaired) electrons. The van der Waals surface area contributed by atoms with Gasteiger partial charge in [0.15, 0.2) is 0 Å². The van der Waals surface area contributed by atoms with E-state index < -0.39 is 0 Å². The second kappa shape index (κ2) is 13.9. The molecule has 8 rings (SSSR count). The van der Waals surface area contributed by atoms with Gasteiger partial charge < -0.3 is 18.9 Å². The van der Waals surface area contributed by atoms with Crippen LogP contribution in [0.4, 0.5) is 0 Å². The van der Waals surface area contributed by atoms with E-state index in [4.69, 9.17) is 18.9 Å². The highest BCUT2D eigenvalue weighted by Gasteiger charge is 2.58. The maximum Gasteiger partial charge on any atom is 0.150 e. The summed E-state index contributed by atoms with van der Waals surface area (Å²) in [5, 5.41) is 20.4. The molecule has 2 atom stereocenters. The average molecular weight is 737 g/mol. The Morgan fingerprint density at radius 1 is 0.482 bits per heavy atom. The fourth-order valence-corrected chi connectivity index (χ4v) is 8.52. The summed E-state index contributed by atoms with van der Waals surface area (Å²) in [6.45, 7) is 9.12. The van der Waals surface area contributed by atoms with Gasteiger partial charge in [0.2, 0.25) is 0 Å². The Bertz CT molecular complexity index is 2430. The zero-order valence-electron chi connectivity index (χ0n) is 31.2. The minimum atomic E-state index is -0.240. The highest BCUT2D eigenvalue weighted by molar-refractivity contribution is 5.75. The third-order valence-electron chi connectivity index (χ3n) is 11.1. The van der Waals surface area contributed by atoms with Gasteiger partial charge in [-0.25, -0.2) is 0 Å². The molecule has 0 aliphatic heterocycles. The number of hydrogen-bond acceptors (Lipinski definition) is 8. The normalized spacial score (nSPS) is 16.6. The van der Waals surface area contributed by atoms with E-state index in [-0.39, 0.29) is 33.8 Å². The average Bonchev–Trinajstić information content (AvgIpc) is 3.59. The molecule has 0 fully saturated rings. The van der Waals surface area contributed by atoms with Gasteiger partial charge in [0.05, 0.1) is 0 Å². The van der Waals surface area contributed by atoms with Crippen molar-refractivity contribution >= 4 is 12.6 Å². The van der Waals surface area contributed by atoms with Crippen LogP contribution in [0, 0.1) is 22.7 Å². The number of carbonyl (C=O) groups excluding carboxylic acids is 2. The van der Waals surface area contributed by atoms with Gasteiger partial charge in [-0.3, -0.25) is 9.59 Å². The lowest BCUT2D eigenvalue weighted by Crippen LogP contribution is -2.25. The molecule has 274 valence electrons. The van der Waals surface area contributed by atoms with E-state index in [1.165, 1.54) is 22.3 Å². The van der Waals surface area contributed by atoms with E-state index in [0.717, 1.165) is 12.6 Å². The van der Waals surface area contributed by atoms with E-state index in [2.05, 4.69) is 64.1 Å². The van der Waals surface area contributed by atoms with Crippen molar-refractivity contribution < 1.29 is 28.5 Å². The van der Waals surface area contributed by atoms with Gasteiger partial charge in [-0.15, -0.1) is 0 Å². The SMILES string of the molecule is CC1(C)c2ccc(Oc3cccc(Oc4ccc(C=O)cc4)c3C#N)cc2C2C1c1cc(Oc3cccc(Oc4ccc(C=O)cc4)c3C#N)ccc1C2(C)C. The number of benzene rings is 6. The summed E-state index contributed by atoms with van der Waals surface area (Å²) >= 11 is 0. The number of fused-ring (bicyclic) bond motifs is 5. The lowest BCUT2D eigenvalue weighted by atomic mass is 9.72. The van der Waals surface area contributed by atoms with Gasteiger partial charge in [0.1, 0.15) is 81.8 Å². The summed E-state index contributed by atoms with van der Waals surface area (Å²) in [5.41, 5.74) is 5.96. The molecule has 2 unspecified atom stereocenters. The molecule has 0 saturated carbocycles. The quantitative estimate of drug-likeness (QED) is 0.128. The highest BCUT2D eigenvalue weighted by atomic mass is 16.5. The molecular formula is C48H36N2O6. The summed E-state index contributed by atoms with van der Waals surface area (Å²) < 4.78 is 25.0. The molecular weight excluding hydrogens is 701 g/mol. The molecule has 6 aromatic rings. The maximum absolute atomic E-state index is 11.1. The number of rotatable bonds is 10. The molecule has 2 aliphatic rings. The lowest BCUT2D eigenvalue weighted by molar-refractivity contribution is 0.111. The molecule has 56 heavy (non-hydrogen) atoms. The Labute approximate surface area is 325 Å². The molecule has 8 nitrogen and oxygen atoms in total.